The van der Waals surface area contributed by atoms with E-state index in [9.17, 15) is 0 Å². The number of methoxy groups -OCH3 is 1. The number of ether oxygens (including phenoxy) is 2. The Hall–Kier alpha value is -1.22. The van der Waals surface area contributed by atoms with Crippen LogP contribution in [0.3, 0.4) is 0 Å². The molecule has 1 aromatic carbocycles. The molecule has 3 heteroatoms. The molecule has 0 saturated heterocycles. The Morgan fingerprint density at radius 2 is 2.19 bits per heavy atom. The van der Waals surface area contributed by atoms with Gasteiger partial charge in [0, 0.05) is 24.1 Å². The van der Waals surface area contributed by atoms with E-state index in [0.717, 1.165) is 30.4 Å². The van der Waals surface area contributed by atoms with Crippen molar-refractivity contribution in [1.29, 1.82) is 0 Å². The highest BCUT2D eigenvalue weighted by molar-refractivity contribution is 5.43. The summed E-state index contributed by atoms with van der Waals surface area (Å²) < 4.78 is 11.2. The lowest BCUT2D eigenvalue weighted by Crippen LogP contribution is -2.38. The van der Waals surface area contributed by atoms with E-state index < -0.39 is 0 Å². The van der Waals surface area contributed by atoms with Gasteiger partial charge in [0.15, 0.2) is 0 Å². The van der Waals surface area contributed by atoms with Crippen molar-refractivity contribution in [2.24, 2.45) is 5.92 Å². The molecule has 0 amide bonds. The van der Waals surface area contributed by atoms with Crippen molar-refractivity contribution in [2.75, 3.05) is 13.7 Å². The van der Waals surface area contributed by atoms with Crippen LogP contribution < -0.4 is 14.8 Å². The molecule has 1 heterocycles. The largest absolute Gasteiger partial charge is 0.497 e. The summed E-state index contributed by atoms with van der Waals surface area (Å²) >= 11 is 0. The Bertz CT molecular complexity index is 474. The lowest BCUT2D eigenvalue weighted by atomic mass is 9.83. The van der Waals surface area contributed by atoms with E-state index >= 15 is 0 Å². The minimum absolute atomic E-state index is 0.407. The Balaban J connectivity index is 1.72. The molecule has 0 aromatic heterocycles. The molecular formula is C18H27NO2. The highest BCUT2D eigenvalue weighted by Gasteiger charge is 2.27. The van der Waals surface area contributed by atoms with E-state index in [0.29, 0.717) is 12.1 Å². The van der Waals surface area contributed by atoms with Crippen LogP contribution in [0.4, 0.5) is 0 Å². The third kappa shape index (κ3) is 3.34. The van der Waals surface area contributed by atoms with Gasteiger partial charge in [-0.25, -0.2) is 0 Å². The molecule has 0 radical (unpaired) electrons. The number of hydrogen-bond acceptors (Lipinski definition) is 3. The molecule has 3 nitrogen and oxygen atoms in total. The van der Waals surface area contributed by atoms with Gasteiger partial charge in [0.25, 0.3) is 0 Å². The Kier molecular flexibility index (Phi) is 4.69. The van der Waals surface area contributed by atoms with Crippen molar-refractivity contribution in [3.05, 3.63) is 23.8 Å². The minimum atomic E-state index is 0.407. The number of rotatable bonds is 4. The summed E-state index contributed by atoms with van der Waals surface area (Å²) in [7, 11) is 1.72. The fourth-order valence-electron chi connectivity index (χ4n) is 3.77. The van der Waals surface area contributed by atoms with E-state index in [1.165, 1.54) is 37.7 Å². The number of benzene rings is 1. The molecule has 3 unspecified atom stereocenters. The van der Waals surface area contributed by atoms with Gasteiger partial charge in [0.1, 0.15) is 11.5 Å². The van der Waals surface area contributed by atoms with Gasteiger partial charge in [-0.3, -0.25) is 0 Å². The Labute approximate surface area is 128 Å². The standard InChI is InChI=1S/C18H27NO2/c1-3-13-5-4-6-14(11-13)19-17-9-10-21-18-8-7-15(20-2)12-16(17)18/h7-8,12-14,17,19H,3-6,9-11H2,1-2H3. The second-order valence-corrected chi connectivity index (χ2v) is 6.40. The fraction of sp³-hybridized carbons (Fsp3) is 0.667. The molecule has 3 rings (SSSR count). The van der Waals surface area contributed by atoms with Gasteiger partial charge in [-0.05, 0) is 37.0 Å². The summed E-state index contributed by atoms with van der Waals surface area (Å²) in [6, 6.07) is 7.22. The van der Waals surface area contributed by atoms with Gasteiger partial charge in [-0.2, -0.15) is 0 Å². The van der Waals surface area contributed by atoms with Crippen LogP contribution in [0.25, 0.3) is 0 Å². The van der Waals surface area contributed by atoms with Crippen molar-refractivity contribution < 1.29 is 9.47 Å². The molecule has 116 valence electrons. The van der Waals surface area contributed by atoms with Crippen molar-refractivity contribution in [2.45, 2.75) is 57.5 Å². The van der Waals surface area contributed by atoms with Gasteiger partial charge in [0.2, 0.25) is 0 Å². The number of nitrogens with one attached hydrogen (secondary N) is 1. The SMILES string of the molecule is CCC1CCCC(NC2CCOc3ccc(OC)cc32)C1. The monoisotopic (exact) mass is 289 g/mol. The highest BCUT2D eigenvalue weighted by Crippen LogP contribution is 2.36. The summed E-state index contributed by atoms with van der Waals surface area (Å²) in [6.45, 7) is 3.13. The van der Waals surface area contributed by atoms with Gasteiger partial charge in [-0.15, -0.1) is 0 Å². The van der Waals surface area contributed by atoms with E-state index in [-0.39, 0.29) is 0 Å². The van der Waals surface area contributed by atoms with Crippen molar-refractivity contribution in [3.8, 4) is 11.5 Å². The van der Waals surface area contributed by atoms with Gasteiger partial charge >= 0.3 is 0 Å². The normalized spacial score (nSPS) is 28.6. The van der Waals surface area contributed by atoms with Crippen LogP contribution in [0.5, 0.6) is 11.5 Å². The lowest BCUT2D eigenvalue weighted by molar-refractivity contribution is 0.214. The molecular weight excluding hydrogens is 262 g/mol. The third-order valence-corrected chi connectivity index (χ3v) is 5.05. The predicted molar refractivity (Wildman–Crippen MR) is 85.0 cm³/mol. The molecule has 3 atom stereocenters. The first-order valence-corrected chi connectivity index (χ1v) is 8.37. The summed E-state index contributed by atoms with van der Waals surface area (Å²) in [4.78, 5) is 0. The first-order valence-electron chi connectivity index (χ1n) is 8.37. The molecule has 1 N–H and O–H groups in total. The zero-order valence-electron chi connectivity index (χ0n) is 13.2. The summed E-state index contributed by atoms with van der Waals surface area (Å²) in [5, 5.41) is 3.89. The van der Waals surface area contributed by atoms with Crippen LogP contribution in [-0.2, 0) is 0 Å². The van der Waals surface area contributed by atoms with Crippen LogP contribution in [0.2, 0.25) is 0 Å². The average Bonchev–Trinajstić information content (AvgIpc) is 2.55. The molecule has 1 aliphatic heterocycles. The Morgan fingerprint density at radius 1 is 1.29 bits per heavy atom. The average molecular weight is 289 g/mol. The van der Waals surface area contributed by atoms with Crippen LogP contribution in [0.15, 0.2) is 18.2 Å². The van der Waals surface area contributed by atoms with Crippen LogP contribution in [-0.4, -0.2) is 19.8 Å². The van der Waals surface area contributed by atoms with E-state index in [4.69, 9.17) is 9.47 Å². The second-order valence-electron chi connectivity index (χ2n) is 6.40. The zero-order valence-corrected chi connectivity index (χ0v) is 13.2. The van der Waals surface area contributed by atoms with Crippen molar-refractivity contribution in [1.82, 2.24) is 5.32 Å². The molecule has 1 fully saturated rings. The van der Waals surface area contributed by atoms with Crippen LogP contribution >= 0.6 is 0 Å². The van der Waals surface area contributed by atoms with E-state index in [2.05, 4.69) is 18.3 Å². The maximum absolute atomic E-state index is 5.79. The van der Waals surface area contributed by atoms with E-state index in [1.54, 1.807) is 7.11 Å². The smallest absolute Gasteiger partial charge is 0.124 e. The molecule has 1 aromatic rings. The molecule has 0 spiro atoms. The van der Waals surface area contributed by atoms with Gasteiger partial charge in [0.05, 0.1) is 13.7 Å². The number of fused-ring (bicyclic) bond motifs is 1. The van der Waals surface area contributed by atoms with Crippen LogP contribution in [0.1, 0.15) is 57.1 Å². The number of hydrogen-bond donors (Lipinski definition) is 1. The van der Waals surface area contributed by atoms with E-state index in [1.807, 2.05) is 12.1 Å². The quantitative estimate of drug-likeness (QED) is 0.906. The predicted octanol–water partition coefficient (Wildman–Crippen LogP) is 4.08. The minimum Gasteiger partial charge on any atom is -0.497 e. The van der Waals surface area contributed by atoms with Crippen LogP contribution in [0, 0.1) is 5.92 Å². The maximum atomic E-state index is 5.79. The highest BCUT2D eigenvalue weighted by atomic mass is 16.5. The lowest BCUT2D eigenvalue weighted by Gasteiger charge is -2.35. The third-order valence-electron chi connectivity index (χ3n) is 5.05. The van der Waals surface area contributed by atoms with Gasteiger partial charge < -0.3 is 14.8 Å². The zero-order chi connectivity index (χ0) is 14.7. The molecule has 0 bridgehead atoms. The van der Waals surface area contributed by atoms with Crippen molar-refractivity contribution >= 4 is 0 Å². The molecule has 21 heavy (non-hydrogen) atoms. The molecule has 1 aliphatic carbocycles. The molecule has 2 aliphatic rings. The van der Waals surface area contributed by atoms with Gasteiger partial charge in [-0.1, -0.05) is 26.2 Å². The first kappa shape index (κ1) is 14.7. The topological polar surface area (TPSA) is 30.5 Å². The molecule has 1 saturated carbocycles. The summed E-state index contributed by atoms with van der Waals surface area (Å²) in [5.41, 5.74) is 1.26. The fourth-order valence-corrected chi connectivity index (χ4v) is 3.77. The first-order chi connectivity index (χ1) is 10.3. The second kappa shape index (κ2) is 6.69. The summed E-state index contributed by atoms with van der Waals surface area (Å²) in [5.74, 6) is 2.84. The van der Waals surface area contributed by atoms with Crippen molar-refractivity contribution in [3.63, 3.8) is 0 Å². The Morgan fingerprint density at radius 3 is 3.00 bits per heavy atom. The maximum Gasteiger partial charge on any atom is 0.124 e. The summed E-state index contributed by atoms with van der Waals surface area (Å²) in [6.07, 6.45) is 7.78.